The molecule has 1 N–H and O–H groups in total. The lowest BCUT2D eigenvalue weighted by Crippen LogP contribution is -2.25. The van der Waals surface area contributed by atoms with Gasteiger partial charge >= 0.3 is 0 Å². The highest BCUT2D eigenvalue weighted by Gasteiger charge is 2.30. The van der Waals surface area contributed by atoms with E-state index in [-0.39, 0.29) is 0 Å². The molecule has 0 aromatic carbocycles. The second-order valence-electron chi connectivity index (χ2n) is 4.17. The van der Waals surface area contributed by atoms with E-state index in [9.17, 15) is 5.11 Å². The first-order chi connectivity index (χ1) is 5.77. The molecule has 0 saturated heterocycles. The van der Waals surface area contributed by atoms with Crippen molar-refractivity contribution in [3.63, 3.8) is 0 Å². The van der Waals surface area contributed by atoms with Crippen LogP contribution in [0.3, 0.4) is 0 Å². The molecule has 12 heavy (non-hydrogen) atoms. The minimum absolute atomic E-state index is 0.436. The molecule has 1 saturated carbocycles. The van der Waals surface area contributed by atoms with Gasteiger partial charge in [0.2, 0.25) is 0 Å². The van der Waals surface area contributed by atoms with Crippen molar-refractivity contribution in [3.8, 4) is 0 Å². The summed E-state index contributed by atoms with van der Waals surface area (Å²) in [7, 11) is 0. The van der Waals surface area contributed by atoms with Crippen LogP contribution in [-0.2, 0) is 0 Å². The van der Waals surface area contributed by atoms with Crippen molar-refractivity contribution in [3.05, 3.63) is 24.0 Å². The summed E-state index contributed by atoms with van der Waals surface area (Å²) in [6.45, 7) is 2.30. The van der Waals surface area contributed by atoms with E-state index in [1.54, 1.807) is 0 Å². The SMILES string of the molecule is CC1CCC2C(O)=CC=CC2C1. The topological polar surface area (TPSA) is 20.2 Å². The summed E-state index contributed by atoms with van der Waals surface area (Å²) in [5.41, 5.74) is 0. The second kappa shape index (κ2) is 2.96. The first-order valence-electron chi connectivity index (χ1n) is 4.84. The predicted molar refractivity (Wildman–Crippen MR) is 49.8 cm³/mol. The lowest BCUT2D eigenvalue weighted by atomic mass is 9.72. The van der Waals surface area contributed by atoms with Crippen LogP contribution in [0.15, 0.2) is 24.0 Å². The summed E-state index contributed by atoms with van der Waals surface area (Å²) in [5.74, 6) is 2.49. The normalized spacial score (nSPS) is 40.4. The molecular formula is C11H16O. The van der Waals surface area contributed by atoms with E-state index in [2.05, 4.69) is 13.0 Å². The summed E-state index contributed by atoms with van der Waals surface area (Å²) >= 11 is 0. The highest BCUT2D eigenvalue weighted by atomic mass is 16.3. The molecule has 1 heteroatoms. The van der Waals surface area contributed by atoms with E-state index < -0.39 is 0 Å². The van der Waals surface area contributed by atoms with Gasteiger partial charge in [-0.2, -0.15) is 0 Å². The van der Waals surface area contributed by atoms with Crippen LogP contribution in [0, 0.1) is 17.8 Å². The Morgan fingerprint density at radius 1 is 1.42 bits per heavy atom. The molecule has 0 radical (unpaired) electrons. The molecule has 2 rings (SSSR count). The third-order valence-corrected chi connectivity index (χ3v) is 3.17. The molecule has 2 aliphatic rings. The molecule has 0 amide bonds. The molecule has 0 bridgehead atoms. The Hall–Kier alpha value is -0.720. The Bertz CT molecular complexity index is 227. The number of aliphatic hydroxyl groups is 1. The van der Waals surface area contributed by atoms with Crippen molar-refractivity contribution in [2.75, 3.05) is 0 Å². The Balaban J connectivity index is 2.13. The highest BCUT2D eigenvalue weighted by Crippen LogP contribution is 2.39. The zero-order valence-electron chi connectivity index (χ0n) is 7.53. The van der Waals surface area contributed by atoms with Gasteiger partial charge in [-0.25, -0.2) is 0 Å². The van der Waals surface area contributed by atoms with Gasteiger partial charge in [-0.15, -0.1) is 0 Å². The minimum atomic E-state index is 0.436. The Morgan fingerprint density at radius 3 is 3.08 bits per heavy atom. The summed E-state index contributed by atoms with van der Waals surface area (Å²) in [6, 6.07) is 0. The molecule has 0 heterocycles. The fourth-order valence-electron chi connectivity index (χ4n) is 2.43. The maximum Gasteiger partial charge on any atom is 0.0959 e. The van der Waals surface area contributed by atoms with Crippen LogP contribution in [0.5, 0.6) is 0 Å². The number of fused-ring (bicyclic) bond motifs is 1. The quantitative estimate of drug-likeness (QED) is 0.583. The van der Waals surface area contributed by atoms with Crippen LogP contribution in [0.4, 0.5) is 0 Å². The van der Waals surface area contributed by atoms with Gasteiger partial charge in [-0.05, 0) is 37.2 Å². The molecule has 1 fully saturated rings. The van der Waals surface area contributed by atoms with Gasteiger partial charge in [0.15, 0.2) is 0 Å². The Labute approximate surface area is 73.8 Å². The van der Waals surface area contributed by atoms with Crippen molar-refractivity contribution in [1.82, 2.24) is 0 Å². The van der Waals surface area contributed by atoms with Crippen LogP contribution >= 0.6 is 0 Å². The van der Waals surface area contributed by atoms with Gasteiger partial charge < -0.3 is 5.11 Å². The van der Waals surface area contributed by atoms with Crippen molar-refractivity contribution < 1.29 is 5.11 Å². The average Bonchev–Trinajstić information content (AvgIpc) is 2.04. The largest absolute Gasteiger partial charge is 0.512 e. The summed E-state index contributed by atoms with van der Waals surface area (Å²) in [6.07, 6.45) is 9.77. The van der Waals surface area contributed by atoms with Gasteiger partial charge in [0.25, 0.3) is 0 Å². The summed E-state index contributed by atoms with van der Waals surface area (Å²) < 4.78 is 0. The number of allylic oxidation sites excluding steroid dienone is 4. The fourth-order valence-corrected chi connectivity index (χ4v) is 2.43. The molecule has 0 spiro atoms. The van der Waals surface area contributed by atoms with Crippen LogP contribution in [-0.4, -0.2) is 5.11 Å². The molecule has 3 unspecified atom stereocenters. The molecular weight excluding hydrogens is 148 g/mol. The second-order valence-corrected chi connectivity index (χ2v) is 4.17. The lowest BCUT2D eigenvalue weighted by molar-refractivity contribution is 0.194. The van der Waals surface area contributed by atoms with E-state index in [0.29, 0.717) is 17.6 Å². The van der Waals surface area contributed by atoms with Gasteiger partial charge in [0.05, 0.1) is 5.76 Å². The molecule has 0 aliphatic heterocycles. The molecule has 1 nitrogen and oxygen atoms in total. The maximum atomic E-state index is 9.60. The fraction of sp³-hybridized carbons (Fsp3) is 0.636. The monoisotopic (exact) mass is 164 g/mol. The number of aliphatic hydroxyl groups excluding tert-OH is 1. The molecule has 0 aromatic rings. The van der Waals surface area contributed by atoms with Crippen LogP contribution in [0.2, 0.25) is 0 Å². The van der Waals surface area contributed by atoms with Crippen molar-refractivity contribution in [1.29, 1.82) is 0 Å². The first kappa shape index (κ1) is 7.90. The van der Waals surface area contributed by atoms with Crippen LogP contribution < -0.4 is 0 Å². The van der Waals surface area contributed by atoms with Gasteiger partial charge in [0.1, 0.15) is 0 Å². The third kappa shape index (κ3) is 1.28. The van der Waals surface area contributed by atoms with E-state index in [1.807, 2.05) is 12.2 Å². The summed E-state index contributed by atoms with van der Waals surface area (Å²) in [5, 5.41) is 9.60. The van der Waals surface area contributed by atoms with E-state index in [4.69, 9.17) is 0 Å². The first-order valence-corrected chi connectivity index (χ1v) is 4.84. The van der Waals surface area contributed by atoms with E-state index in [1.165, 1.54) is 19.3 Å². The van der Waals surface area contributed by atoms with Gasteiger partial charge in [-0.3, -0.25) is 0 Å². The third-order valence-electron chi connectivity index (χ3n) is 3.17. The number of hydrogen-bond acceptors (Lipinski definition) is 1. The van der Waals surface area contributed by atoms with Crippen molar-refractivity contribution >= 4 is 0 Å². The molecule has 2 aliphatic carbocycles. The van der Waals surface area contributed by atoms with E-state index >= 15 is 0 Å². The zero-order chi connectivity index (χ0) is 8.55. The molecule has 0 aromatic heterocycles. The Kier molecular flexibility index (Phi) is 1.95. The van der Waals surface area contributed by atoms with Crippen molar-refractivity contribution in [2.24, 2.45) is 17.8 Å². The minimum Gasteiger partial charge on any atom is -0.512 e. The maximum absolute atomic E-state index is 9.60. The standard InChI is InChI=1S/C11H16O/c1-8-5-6-10-9(7-8)3-2-4-11(10)12/h2-4,8-10,12H,5-7H2,1H3. The number of hydrogen-bond donors (Lipinski definition) is 1. The van der Waals surface area contributed by atoms with Crippen molar-refractivity contribution in [2.45, 2.75) is 26.2 Å². The van der Waals surface area contributed by atoms with Gasteiger partial charge in [0, 0.05) is 5.92 Å². The summed E-state index contributed by atoms with van der Waals surface area (Å²) in [4.78, 5) is 0. The predicted octanol–water partition coefficient (Wildman–Crippen LogP) is 3.05. The number of rotatable bonds is 0. The lowest BCUT2D eigenvalue weighted by Gasteiger charge is -2.34. The molecule has 3 atom stereocenters. The van der Waals surface area contributed by atoms with E-state index in [0.717, 1.165) is 5.92 Å². The average molecular weight is 164 g/mol. The zero-order valence-corrected chi connectivity index (χ0v) is 7.53. The molecule has 66 valence electrons. The smallest absolute Gasteiger partial charge is 0.0959 e. The van der Waals surface area contributed by atoms with Crippen LogP contribution in [0.25, 0.3) is 0 Å². The van der Waals surface area contributed by atoms with Crippen LogP contribution in [0.1, 0.15) is 26.2 Å². The highest BCUT2D eigenvalue weighted by molar-refractivity contribution is 5.19. The van der Waals surface area contributed by atoms with Gasteiger partial charge in [-0.1, -0.05) is 19.1 Å². The Morgan fingerprint density at radius 2 is 2.25 bits per heavy atom.